The molecule has 0 unspecified atom stereocenters. The van der Waals surface area contributed by atoms with Crippen molar-refractivity contribution in [1.29, 1.82) is 0 Å². The summed E-state index contributed by atoms with van der Waals surface area (Å²) in [7, 11) is 0. The number of benzene rings is 2. The SMILES string of the molecule is C=Cc1ccc2c(c1)C1(CC1)C(=O)N2c1ccccc1. The van der Waals surface area contributed by atoms with E-state index in [1.165, 1.54) is 5.56 Å². The normalized spacial score (nSPS) is 18.2. The molecule has 2 nitrogen and oxygen atoms in total. The number of fused-ring (bicyclic) bond motifs is 2. The third-order valence-corrected chi connectivity index (χ3v) is 4.39. The molecule has 20 heavy (non-hydrogen) atoms. The highest BCUT2D eigenvalue weighted by Gasteiger charge is 2.59. The fourth-order valence-electron chi connectivity index (χ4n) is 3.14. The standard InChI is InChI=1S/C18H15NO/c1-2-13-8-9-16-15(12-13)18(10-11-18)17(20)19(16)14-6-4-3-5-7-14/h2-9,12H,1,10-11H2. The molecule has 2 heteroatoms. The molecule has 1 saturated carbocycles. The molecule has 0 saturated heterocycles. The summed E-state index contributed by atoms with van der Waals surface area (Å²) in [6.45, 7) is 3.82. The van der Waals surface area contributed by atoms with Gasteiger partial charge in [0.2, 0.25) is 5.91 Å². The van der Waals surface area contributed by atoms with Gasteiger partial charge in [-0.2, -0.15) is 0 Å². The van der Waals surface area contributed by atoms with E-state index >= 15 is 0 Å². The van der Waals surface area contributed by atoms with Gasteiger partial charge in [-0.15, -0.1) is 0 Å². The van der Waals surface area contributed by atoms with E-state index < -0.39 is 0 Å². The summed E-state index contributed by atoms with van der Waals surface area (Å²) < 4.78 is 0. The summed E-state index contributed by atoms with van der Waals surface area (Å²) in [5.74, 6) is 0.222. The van der Waals surface area contributed by atoms with E-state index in [0.717, 1.165) is 29.8 Å². The third-order valence-electron chi connectivity index (χ3n) is 4.39. The molecule has 0 bridgehead atoms. The molecular weight excluding hydrogens is 246 g/mol. The molecule has 0 atom stereocenters. The summed E-state index contributed by atoms with van der Waals surface area (Å²) in [6.07, 6.45) is 3.76. The zero-order chi connectivity index (χ0) is 13.7. The van der Waals surface area contributed by atoms with Crippen molar-refractivity contribution in [3.63, 3.8) is 0 Å². The second-order valence-corrected chi connectivity index (χ2v) is 5.54. The Kier molecular flexibility index (Phi) is 2.19. The monoisotopic (exact) mass is 261 g/mol. The molecule has 1 spiro atoms. The van der Waals surface area contributed by atoms with E-state index in [0.29, 0.717) is 0 Å². The summed E-state index contributed by atoms with van der Waals surface area (Å²) in [4.78, 5) is 14.7. The number of rotatable bonds is 2. The Balaban J connectivity index is 1.92. The van der Waals surface area contributed by atoms with Crippen molar-refractivity contribution in [1.82, 2.24) is 0 Å². The fourth-order valence-corrected chi connectivity index (χ4v) is 3.14. The van der Waals surface area contributed by atoms with Crippen molar-refractivity contribution in [2.24, 2.45) is 0 Å². The first kappa shape index (κ1) is 11.5. The lowest BCUT2D eigenvalue weighted by Crippen LogP contribution is -2.27. The van der Waals surface area contributed by atoms with Gasteiger partial charge in [-0.1, -0.05) is 36.9 Å². The molecule has 2 aliphatic rings. The first-order valence-corrected chi connectivity index (χ1v) is 6.93. The van der Waals surface area contributed by atoms with Crippen molar-refractivity contribution in [3.05, 3.63) is 66.2 Å². The number of carbonyl (C=O) groups excluding carboxylic acids is 1. The minimum atomic E-state index is -0.260. The van der Waals surface area contributed by atoms with E-state index in [-0.39, 0.29) is 11.3 Å². The zero-order valence-corrected chi connectivity index (χ0v) is 11.2. The number of amides is 1. The Hall–Kier alpha value is -2.35. The molecule has 1 heterocycles. The molecule has 1 amide bonds. The van der Waals surface area contributed by atoms with Crippen LogP contribution < -0.4 is 4.90 Å². The van der Waals surface area contributed by atoms with Crippen LogP contribution in [0.3, 0.4) is 0 Å². The maximum absolute atomic E-state index is 12.8. The first-order valence-electron chi connectivity index (χ1n) is 6.93. The van der Waals surface area contributed by atoms with Gasteiger partial charge in [-0.25, -0.2) is 0 Å². The van der Waals surface area contributed by atoms with Gasteiger partial charge >= 0.3 is 0 Å². The highest BCUT2D eigenvalue weighted by Crippen LogP contribution is 2.59. The zero-order valence-electron chi connectivity index (χ0n) is 11.2. The molecule has 0 N–H and O–H groups in total. The Labute approximate surface area is 118 Å². The third kappa shape index (κ3) is 1.36. The lowest BCUT2D eigenvalue weighted by atomic mass is 9.96. The Morgan fingerprint density at radius 1 is 1.10 bits per heavy atom. The van der Waals surface area contributed by atoms with Crippen LogP contribution in [0.4, 0.5) is 11.4 Å². The van der Waals surface area contributed by atoms with Gasteiger partial charge in [0, 0.05) is 5.69 Å². The molecule has 98 valence electrons. The van der Waals surface area contributed by atoms with Gasteiger partial charge < -0.3 is 0 Å². The van der Waals surface area contributed by atoms with Crippen LogP contribution in [0.25, 0.3) is 6.08 Å². The number of anilines is 2. The van der Waals surface area contributed by atoms with Crippen LogP contribution in [0.2, 0.25) is 0 Å². The van der Waals surface area contributed by atoms with Gasteiger partial charge in [0.25, 0.3) is 0 Å². The van der Waals surface area contributed by atoms with E-state index in [9.17, 15) is 4.79 Å². The van der Waals surface area contributed by atoms with E-state index in [1.807, 2.05) is 53.4 Å². The van der Waals surface area contributed by atoms with Crippen molar-refractivity contribution >= 4 is 23.4 Å². The number of nitrogens with zero attached hydrogens (tertiary/aromatic N) is 1. The average Bonchev–Trinajstić information content (AvgIpc) is 3.26. The number of carbonyl (C=O) groups is 1. The second-order valence-electron chi connectivity index (χ2n) is 5.54. The molecule has 0 radical (unpaired) electrons. The van der Waals surface area contributed by atoms with Crippen LogP contribution in [0.5, 0.6) is 0 Å². The summed E-state index contributed by atoms with van der Waals surface area (Å²) >= 11 is 0. The first-order chi connectivity index (χ1) is 9.76. The highest BCUT2D eigenvalue weighted by molar-refractivity contribution is 6.14. The molecule has 2 aromatic carbocycles. The van der Waals surface area contributed by atoms with Crippen molar-refractivity contribution in [2.75, 3.05) is 4.90 Å². The molecule has 1 aliphatic heterocycles. The predicted molar refractivity (Wildman–Crippen MR) is 81.0 cm³/mol. The van der Waals surface area contributed by atoms with Crippen LogP contribution in [0.15, 0.2) is 55.1 Å². The van der Waals surface area contributed by atoms with Gasteiger partial charge in [0.15, 0.2) is 0 Å². The lowest BCUT2D eigenvalue weighted by molar-refractivity contribution is -0.119. The van der Waals surface area contributed by atoms with Gasteiger partial charge in [0.05, 0.1) is 11.1 Å². The van der Waals surface area contributed by atoms with E-state index in [2.05, 4.69) is 12.6 Å². The molecule has 0 aromatic heterocycles. The van der Waals surface area contributed by atoms with E-state index in [4.69, 9.17) is 0 Å². The lowest BCUT2D eigenvalue weighted by Gasteiger charge is -2.18. The quantitative estimate of drug-likeness (QED) is 0.799. The molecular formula is C18H15NO. The highest BCUT2D eigenvalue weighted by atomic mass is 16.2. The van der Waals surface area contributed by atoms with Gasteiger partial charge in [-0.3, -0.25) is 9.69 Å². The Morgan fingerprint density at radius 3 is 2.50 bits per heavy atom. The number of hydrogen-bond donors (Lipinski definition) is 0. The van der Waals surface area contributed by atoms with Crippen LogP contribution in [-0.4, -0.2) is 5.91 Å². The van der Waals surface area contributed by atoms with Crippen molar-refractivity contribution in [3.8, 4) is 0 Å². The minimum absolute atomic E-state index is 0.222. The van der Waals surface area contributed by atoms with Crippen LogP contribution in [0, 0.1) is 0 Å². The number of para-hydroxylation sites is 1. The topological polar surface area (TPSA) is 20.3 Å². The second kappa shape index (κ2) is 3.83. The maximum atomic E-state index is 12.8. The maximum Gasteiger partial charge on any atom is 0.242 e. The minimum Gasteiger partial charge on any atom is -0.280 e. The fraction of sp³-hybridized carbons (Fsp3) is 0.167. The van der Waals surface area contributed by atoms with Crippen molar-refractivity contribution in [2.45, 2.75) is 18.3 Å². The summed E-state index contributed by atoms with van der Waals surface area (Å²) in [5, 5.41) is 0. The predicted octanol–water partition coefficient (Wildman–Crippen LogP) is 4.04. The molecule has 1 aliphatic carbocycles. The molecule has 1 fully saturated rings. The summed E-state index contributed by atoms with van der Waals surface area (Å²) in [5.41, 5.74) is 3.98. The largest absolute Gasteiger partial charge is 0.280 e. The number of hydrogen-bond acceptors (Lipinski definition) is 1. The van der Waals surface area contributed by atoms with Crippen LogP contribution in [0.1, 0.15) is 24.0 Å². The molecule has 2 aromatic rings. The van der Waals surface area contributed by atoms with Gasteiger partial charge in [0.1, 0.15) is 0 Å². The van der Waals surface area contributed by atoms with Crippen molar-refractivity contribution < 1.29 is 4.79 Å². The smallest absolute Gasteiger partial charge is 0.242 e. The van der Waals surface area contributed by atoms with Crippen LogP contribution >= 0.6 is 0 Å². The summed E-state index contributed by atoms with van der Waals surface area (Å²) in [6, 6.07) is 16.1. The molecule has 4 rings (SSSR count). The van der Waals surface area contributed by atoms with Gasteiger partial charge in [-0.05, 0) is 48.2 Å². The Morgan fingerprint density at radius 2 is 1.85 bits per heavy atom. The van der Waals surface area contributed by atoms with Crippen LogP contribution in [-0.2, 0) is 10.2 Å². The van der Waals surface area contributed by atoms with E-state index in [1.54, 1.807) is 0 Å². The average molecular weight is 261 g/mol. The Bertz CT molecular complexity index is 713.